The zero-order valence-corrected chi connectivity index (χ0v) is 40.5. The fraction of sp³-hybridized carbons (Fsp3) is 0. The molecule has 338 valence electrons. The van der Waals surface area contributed by atoms with Gasteiger partial charge in [0.25, 0.3) is 0 Å². The summed E-state index contributed by atoms with van der Waals surface area (Å²) in [5, 5.41) is 16.7. The van der Waals surface area contributed by atoms with Crippen molar-refractivity contribution in [2.45, 2.75) is 0 Å². The van der Waals surface area contributed by atoms with Gasteiger partial charge in [0.05, 0.1) is 54.2 Å². The third-order valence-corrected chi connectivity index (χ3v) is 16.4. The lowest BCUT2D eigenvalue weighted by molar-refractivity contribution is 1.18. The lowest BCUT2D eigenvalue weighted by atomic mass is 10.0. The van der Waals surface area contributed by atoms with Crippen LogP contribution in [-0.2, 0) is 0 Å². The van der Waals surface area contributed by atoms with Crippen LogP contribution in [0.5, 0.6) is 0 Å². The highest BCUT2D eigenvalue weighted by atomic mass is 32.1. The molecule has 11 aromatic carbocycles. The topological polar surface area (TPSA) is 16.3 Å². The van der Waals surface area contributed by atoms with Crippen LogP contribution >= 0.6 is 22.7 Å². The monoisotopic (exact) mass is 954 g/mol. The van der Waals surface area contributed by atoms with Gasteiger partial charge in [-0.1, -0.05) is 146 Å². The second kappa shape index (κ2) is 16.3. The van der Waals surface area contributed by atoms with Gasteiger partial charge in [0.2, 0.25) is 0 Å². The highest BCUT2D eigenvalue weighted by Crippen LogP contribution is 2.56. The Bertz CT molecular complexity index is 4250. The van der Waals surface area contributed by atoms with E-state index in [0.29, 0.717) is 0 Å². The van der Waals surface area contributed by atoms with Crippen molar-refractivity contribution in [3.8, 4) is 11.4 Å². The second-order valence-electron chi connectivity index (χ2n) is 18.5. The molecule has 0 unspecified atom stereocenters. The van der Waals surface area contributed by atoms with E-state index in [2.05, 4.69) is 272 Å². The minimum Gasteiger partial charge on any atom is -0.309 e. The molecule has 0 saturated heterocycles. The molecule has 0 fully saturated rings. The molecular weight excluding hydrogens is 913 g/mol. The van der Waals surface area contributed by atoms with E-state index in [1.54, 1.807) is 0 Å². The molecule has 0 amide bonds. The van der Waals surface area contributed by atoms with Crippen molar-refractivity contribution < 1.29 is 0 Å². The third kappa shape index (κ3) is 6.16. The third-order valence-electron chi connectivity index (χ3n) is 14.6. The molecule has 0 bridgehead atoms. The van der Waals surface area contributed by atoms with Crippen molar-refractivity contribution in [2.24, 2.45) is 0 Å². The van der Waals surface area contributed by atoms with E-state index in [4.69, 9.17) is 0 Å². The van der Waals surface area contributed by atoms with Crippen LogP contribution in [0.4, 0.5) is 34.1 Å². The standard InChI is InChI=1S/C66H42N4S2/c1-3-21-45(22-4-1)67-59-29-13-11-27-51(59)55-41-47(33-35-61(55)67)69(57-31-15-19-43-17-7-9-25-49(43)57)63-53-37-39-72-66(53)64(54-38-40-71-65(54)63)70(58-32-16-20-44-18-8-10-26-50(44)58)48-34-36-62-56(42-48)52-28-12-14-30-60(52)68(62)46-23-5-2-6-24-46/h1-42H. The van der Waals surface area contributed by atoms with Gasteiger partial charge in [-0.25, -0.2) is 0 Å². The Kier molecular flexibility index (Phi) is 9.27. The summed E-state index contributed by atoms with van der Waals surface area (Å²) in [4.78, 5) is 5.11. The molecule has 0 radical (unpaired) electrons. The molecule has 15 aromatic rings. The number of para-hydroxylation sites is 4. The summed E-state index contributed by atoms with van der Waals surface area (Å²) in [5.74, 6) is 0. The molecule has 0 atom stereocenters. The van der Waals surface area contributed by atoms with Crippen molar-refractivity contribution >= 4 is 142 Å². The van der Waals surface area contributed by atoms with E-state index in [1.807, 2.05) is 22.7 Å². The first-order valence-corrected chi connectivity index (χ1v) is 26.2. The Morgan fingerprint density at radius 3 is 1.11 bits per heavy atom. The molecule has 0 saturated carbocycles. The number of nitrogens with zero attached hydrogens (tertiary/aromatic N) is 4. The first-order valence-electron chi connectivity index (χ1n) is 24.4. The molecule has 15 rings (SSSR count). The van der Waals surface area contributed by atoms with E-state index in [0.717, 1.165) is 34.1 Å². The maximum Gasteiger partial charge on any atom is 0.0728 e. The van der Waals surface area contributed by atoms with Gasteiger partial charge in [-0.3, -0.25) is 0 Å². The summed E-state index contributed by atoms with van der Waals surface area (Å²) in [5.41, 5.74) is 13.9. The molecule has 0 aliphatic rings. The summed E-state index contributed by atoms with van der Waals surface area (Å²) in [6.45, 7) is 0. The summed E-state index contributed by atoms with van der Waals surface area (Å²) in [7, 11) is 0. The summed E-state index contributed by atoms with van der Waals surface area (Å²) in [6.07, 6.45) is 0. The molecule has 72 heavy (non-hydrogen) atoms. The molecule has 0 spiro atoms. The molecule has 4 nitrogen and oxygen atoms in total. The molecule has 4 heterocycles. The van der Waals surface area contributed by atoms with Gasteiger partial charge in [-0.05, 0) is 119 Å². The van der Waals surface area contributed by atoms with Crippen LogP contribution in [0.2, 0.25) is 0 Å². The number of thiophene rings is 2. The highest BCUT2D eigenvalue weighted by Gasteiger charge is 2.29. The minimum absolute atomic E-state index is 1.11. The van der Waals surface area contributed by atoms with E-state index in [-0.39, 0.29) is 0 Å². The lowest BCUT2D eigenvalue weighted by Gasteiger charge is -2.32. The van der Waals surface area contributed by atoms with E-state index < -0.39 is 0 Å². The molecule has 0 N–H and O–H groups in total. The highest BCUT2D eigenvalue weighted by molar-refractivity contribution is 7.20. The fourth-order valence-electron chi connectivity index (χ4n) is 11.5. The first-order chi connectivity index (χ1) is 35.8. The van der Waals surface area contributed by atoms with E-state index in [1.165, 1.54) is 96.7 Å². The number of hydrogen-bond acceptors (Lipinski definition) is 4. The van der Waals surface area contributed by atoms with E-state index in [9.17, 15) is 0 Å². The largest absolute Gasteiger partial charge is 0.309 e. The summed E-state index contributed by atoms with van der Waals surface area (Å²) >= 11 is 3.65. The van der Waals surface area contributed by atoms with E-state index >= 15 is 0 Å². The van der Waals surface area contributed by atoms with Crippen molar-refractivity contribution in [1.82, 2.24) is 9.13 Å². The molecular formula is C66H42N4S2. The SMILES string of the molecule is c1ccc(-n2c3ccccc3c3cc(N(c4cccc5ccccc45)c4c5ccsc5c(N(c5ccc6c(c5)c5ccccc5n6-c5ccccc5)c5cccc6ccccc56)c5ccsc45)ccc32)cc1. The van der Waals surface area contributed by atoms with Gasteiger partial charge in [0.1, 0.15) is 0 Å². The number of anilines is 6. The van der Waals surface area contributed by atoms with Crippen LogP contribution in [-0.4, -0.2) is 9.13 Å². The quantitative estimate of drug-likeness (QED) is 0.141. The zero-order chi connectivity index (χ0) is 47.3. The summed E-state index contributed by atoms with van der Waals surface area (Å²) < 4.78 is 7.25. The number of rotatable bonds is 8. The smallest absolute Gasteiger partial charge is 0.0728 e. The van der Waals surface area contributed by atoms with Gasteiger partial charge < -0.3 is 18.9 Å². The maximum atomic E-state index is 2.56. The lowest BCUT2D eigenvalue weighted by Crippen LogP contribution is -2.14. The number of aromatic nitrogens is 2. The van der Waals surface area contributed by atoms with Gasteiger partial charge in [-0.15, -0.1) is 22.7 Å². The maximum absolute atomic E-state index is 2.56. The zero-order valence-electron chi connectivity index (χ0n) is 38.9. The molecule has 0 aliphatic heterocycles. The van der Waals surface area contributed by atoms with Crippen LogP contribution in [0.3, 0.4) is 0 Å². The Hall–Kier alpha value is -8.94. The van der Waals surface area contributed by atoms with Crippen LogP contribution in [0.25, 0.3) is 96.7 Å². The Balaban J connectivity index is 1.02. The van der Waals surface area contributed by atoms with Crippen molar-refractivity contribution in [3.63, 3.8) is 0 Å². The number of benzene rings is 11. The van der Waals surface area contributed by atoms with Crippen molar-refractivity contribution in [3.05, 3.63) is 253 Å². The summed E-state index contributed by atoms with van der Waals surface area (Å²) in [6, 6.07) is 89.1. The first kappa shape index (κ1) is 40.9. The normalized spacial score (nSPS) is 11.9. The number of hydrogen-bond donors (Lipinski definition) is 0. The molecule has 4 aromatic heterocycles. The Morgan fingerprint density at radius 2 is 0.653 bits per heavy atom. The Morgan fingerprint density at radius 1 is 0.278 bits per heavy atom. The van der Waals surface area contributed by atoms with Crippen molar-refractivity contribution in [2.75, 3.05) is 9.80 Å². The second-order valence-corrected chi connectivity index (χ2v) is 20.3. The Labute approximate surface area is 423 Å². The predicted molar refractivity (Wildman–Crippen MR) is 310 cm³/mol. The average Bonchev–Trinajstić information content (AvgIpc) is 4.27. The van der Waals surface area contributed by atoms with Gasteiger partial charge in [-0.2, -0.15) is 0 Å². The van der Waals surface area contributed by atoms with Crippen LogP contribution in [0, 0.1) is 0 Å². The molecule has 0 aliphatic carbocycles. The number of fused-ring (bicyclic) bond motifs is 10. The van der Waals surface area contributed by atoms with Crippen LogP contribution < -0.4 is 9.80 Å². The van der Waals surface area contributed by atoms with Gasteiger partial charge >= 0.3 is 0 Å². The van der Waals surface area contributed by atoms with Gasteiger partial charge in [0, 0.05) is 65.8 Å². The van der Waals surface area contributed by atoms with Crippen LogP contribution in [0.15, 0.2) is 253 Å². The minimum atomic E-state index is 1.11. The van der Waals surface area contributed by atoms with Crippen molar-refractivity contribution in [1.29, 1.82) is 0 Å². The fourth-order valence-corrected chi connectivity index (χ4v) is 13.4. The molecule has 6 heteroatoms. The van der Waals surface area contributed by atoms with Crippen LogP contribution in [0.1, 0.15) is 0 Å². The van der Waals surface area contributed by atoms with Gasteiger partial charge in [0.15, 0.2) is 0 Å². The average molecular weight is 955 g/mol. The predicted octanol–water partition coefficient (Wildman–Crippen LogP) is 19.6.